The summed E-state index contributed by atoms with van der Waals surface area (Å²) >= 11 is 6.45. The van der Waals surface area contributed by atoms with Crippen LogP contribution in [0.1, 0.15) is 31.2 Å². The molecule has 0 spiro atoms. The number of amides is 1. The highest BCUT2D eigenvalue weighted by Gasteiger charge is 2.20. The zero-order valence-electron chi connectivity index (χ0n) is 17.7. The van der Waals surface area contributed by atoms with Crippen molar-refractivity contribution in [2.75, 3.05) is 33.2 Å². The van der Waals surface area contributed by atoms with Crippen molar-refractivity contribution in [2.45, 2.75) is 26.4 Å². The maximum Gasteiger partial charge on any atom is 0.239 e. The molecule has 1 aromatic carbocycles. The van der Waals surface area contributed by atoms with Gasteiger partial charge in [0.05, 0.1) is 25.4 Å². The molecule has 30 heavy (non-hydrogen) atoms. The number of likely N-dealkylation sites (N-methyl/N-ethyl adjacent to an activating group) is 1. The predicted octanol–water partition coefficient (Wildman–Crippen LogP) is 3.42. The summed E-state index contributed by atoms with van der Waals surface area (Å²) < 4.78 is 5.20. The Morgan fingerprint density at radius 2 is 1.87 bits per heavy atom. The van der Waals surface area contributed by atoms with Gasteiger partial charge in [-0.25, -0.2) is 0 Å². The van der Waals surface area contributed by atoms with Gasteiger partial charge in [0.2, 0.25) is 5.91 Å². The lowest BCUT2D eigenvalue weighted by Gasteiger charge is -2.31. The Hall–Kier alpha value is -1.78. The van der Waals surface area contributed by atoms with E-state index in [-0.39, 0.29) is 42.5 Å². The third-order valence-electron chi connectivity index (χ3n) is 4.66. The summed E-state index contributed by atoms with van der Waals surface area (Å²) in [5, 5.41) is 9.89. The molecule has 2 rings (SSSR count). The lowest BCUT2D eigenvalue weighted by molar-refractivity contribution is -0.120. The third-order valence-corrected chi connectivity index (χ3v) is 5.00. The first kappa shape index (κ1) is 26.3. The van der Waals surface area contributed by atoms with Crippen molar-refractivity contribution in [1.82, 2.24) is 20.9 Å². The summed E-state index contributed by atoms with van der Waals surface area (Å²) in [6.07, 6.45) is 1.58. The van der Waals surface area contributed by atoms with Crippen LogP contribution in [0.25, 0.3) is 0 Å². The smallest absolute Gasteiger partial charge is 0.239 e. The molecule has 0 aliphatic carbocycles. The molecule has 1 unspecified atom stereocenters. The van der Waals surface area contributed by atoms with Gasteiger partial charge in [-0.2, -0.15) is 0 Å². The Morgan fingerprint density at radius 1 is 1.13 bits per heavy atom. The zero-order chi connectivity index (χ0) is 21.1. The minimum Gasteiger partial charge on any atom is -0.467 e. The van der Waals surface area contributed by atoms with Crippen LogP contribution in [0.15, 0.2) is 52.1 Å². The number of aliphatic imine (C=N–C) groups is 1. The molecule has 1 heterocycles. The van der Waals surface area contributed by atoms with Crippen LogP contribution in [0.2, 0.25) is 5.02 Å². The first-order valence-corrected chi connectivity index (χ1v) is 10.2. The second-order valence-electron chi connectivity index (χ2n) is 6.42. The summed E-state index contributed by atoms with van der Waals surface area (Å²) in [6, 6.07) is 11.6. The summed E-state index contributed by atoms with van der Waals surface area (Å²) in [5.74, 6) is 1.13. The van der Waals surface area contributed by atoms with Crippen molar-refractivity contribution in [3.05, 3.63) is 59.0 Å². The van der Waals surface area contributed by atoms with Crippen molar-refractivity contribution in [3.8, 4) is 0 Å². The largest absolute Gasteiger partial charge is 0.467 e. The lowest BCUT2D eigenvalue weighted by Crippen LogP contribution is -2.46. The van der Waals surface area contributed by atoms with E-state index >= 15 is 0 Å². The van der Waals surface area contributed by atoms with Gasteiger partial charge in [0.1, 0.15) is 5.76 Å². The number of halogens is 2. The molecule has 3 N–H and O–H groups in total. The fourth-order valence-electron chi connectivity index (χ4n) is 3.08. The number of carbonyl (C=O) groups excluding carboxylic acids is 1. The fraction of sp³-hybridized carbons (Fsp3) is 0.429. The fourth-order valence-corrected chi connectivity index (χ4v) is 3.35. The molecule has 0 aliphatic heterocycles. The summed E-state index contributed by atoms with van der Waals surface area (Å²) in [4.78, 5) is 18.6. The minimum atomic E-state index is -0.143. The van der Waals surface area contributed by atoms with Gasteiger partial charge in [-0.05, 0) is 36.9 Å². The quantitative estimate of drug-likeness (QED) is 0.241. The van der Waals surface area contributed by atoms with Crippen molar-refractivity contribution >= 4 is 47.4 Å². The molecule has 1 aromatic heterocycles. The molecule has 0 bridgehead atoms. The molecule has 1 amide bonds. The molecule has 1 atom stereocenters. The maximum atomic E-state index is 12.0. The van der Waals surface area contributed by atoms with E-state index in [0.717, 1.165) is 23.7 Å². The number of furan rings is 1. The van der Waals surface area contributed by atoms with Crippen LogP contribution in [0.4, 0.5) is 0 Å². The highest BCUT2D eigenvalue weighted by Crippen LogP contribution is 2.26. The molecule has 0 aliphatic rings. The van der Waals surface area contributed by atoms with E-state index < -0.39 is 0 Å². The van der Waals surface area contributed by atoms with E-state index in [2.05, 4.69) is 39.7 Å². The van der Waals surface area contributed by atoms with E-state index in [1.165, 1.54) is 0 Å². The van der Waals surface area contributed by atoms with Gasteiger partial charge in [0.25, 0.3) is 0 Å². The van der Waals surface area contributed by atoms with Crippen molar-refractivity contribution in [1.29, 1.82) is 0 Å². The number of benzene rings is 1. The van der Waals surface area contributed by atoms with Crippen LogP contribution in [-0.4, -0.2) is 50.0 Å². The molecule has 2 aromatic rings. The molecule has 0 radical (unpaired) electrons. The summed E-state index contributed by atoms with van der Waals surface area (Å²) in [7, 11) is 1.68. The summed E-state index contributed by atoms with van der Waals surface area (Å²) in [5.41, 5.74) is 1.07. The van der Waals surface area contributed by atoms with Gasteiger partial charge < -0.3 is 20.4 Å². The predicted molar refractivity (Wildman–Crippen MR) is 132 cm³/mol. The first-order valence-electron chi connectivity index (χ1n) is 9.81. The topological polar surface area (TPSA) is 81.9 Å². The van der Waals surface area contributed by atoms with Gasteiger partial charge in [0.15, 0.2) is 5.96 Å². The molecule has 9 heteroatoms. The Morgan fingerprint density at radius 3 is 2.47 bits per heavy atom. The van der Waals surface area contributed by atoms with Crippen LogP contribution in [0, 0.1) is 0 Å². The average molecular weight is 548 g/mol. The number of rotatable bonds is 10. The third kappa shape index (κ3) is 8.16. The van der Waals surface area contributed by atoms with Crippen LogP contribution in [0.3, 0.4) is 0 Å². The minimum absolute atomic E-state index is 0. The molecule has 166 valence electrons. The Labute approximate surface area is 200 Å². The number of hydrogen-bond donors (Lipinski definition) is 3. The Balaban J connectivity index is 0.00000450. The highest BCUT2D eigenvalue weighted by atomic mass is 127. The van der Waals surface area contributed by atoms with Crippen molar-refractivity contribution < 1.29 is 9.21 Å². The van der Waals surface area contributed by atoms with E-state index in [1.807, 2.05) is 30.3 Å². The van der Waals surface area contributed by atoms with Crippen LogP contribution < -0.4 is 16.0 Å². The van der Waals surface area contributed by atoms with Crippen molar-refractivity contribution in [2.24, 2.45) is 4.99 Å². The number of nitrogens with zero attached hydrogens (tertiary/aromatic N) is 2. The molecular weight excluding hydrogens is 517 g/mol. The van der Waals surface area contributed by atoms with E-state index in [9.17, 15) is 4.79 Å². The summed E-state index contributed by atoms with van der Waals surface area (Å²) in [6.45, 7) is 7.13. The van der Waals surface area contributed by atoms with E-state index in [4.69, 9.17) is 16.0 Å². The van der Waals surface area contributed by atoms with E-state index in [1.54, 1.807) is 19.4 Å². The van der Waals surface area contributed by atoms with Gasteiger partial charge >= 0.3 is 0 Å². The number of nitrogens with one attached hydrogen (secondary N) is 3. The second kappa shape index (κ2) is 14.3. The SMILES string of the molecule is CCN(CC)C(CNC(=NC)NCC(=O)NCc1ccco1)c1ccccc1Cl.I. The van der Waals surface area contributed by atoms with Crippen LogP contribution in [-0.2, 0) is 11.3 Å². The van der Waals surface area contributed by atoms with Gasteiger partial charge in [0, 0.05) is 18.6 Å². The molecular formula is C21H31ClIN5O2. The van der Waals surface area contributed by atoms with E-state index in [0.29, 0.717) is 24.8 Å². The molecule has 0 saturated heterocycles. The highest BCUT2D eigenvalue weighted by molar-refractivity contribution is 14.0. The van der Waals surface area contributed by atoms with Crippen LogP contribution in [0.5, 0.6) is 0 Å². The second-order valence-corrected chi connectivity index (χ2v) is 6.83. The Kier molecular flexibility index (Phi) is 12.5. The lowest BCUT2D eigenvalue weighted by atomic mass is 10.0. The maximum absolute atomic E-state index is 12.0. The zero-order valence-corrected chi connectivity index (χ0v) is 20.7. The monoisotopic (exact) mass is 547 g/mol. The van der Waals surface area contributed by atoms with Crippen LogP contribution >= 0.6 is 35.6 Å². The molecule has 7 nitrogen and oxygen atoms in total. The Bertz CT molecular complexity index is 781. The van der Waals surface area contributed by atoms with Gasteiger partial charge in [-0.3, -0.25) is 14.7 Å². The number of guanidine groups is 1. The first-order chi connectivity index (χ1) is 14.1. The van der Waals surface area contributed by atoms with Gasteiger partial charge in [-0.15, -0.1) is 24.0 Å². The molecule has 0 fully saturated rings. The standard InChI is InChI=1S/C21H30ClN5O2.HI/c1-4-27(5-2)19(17-10-6-7-11-18(17)22)14-25-21(23-3)26-15-20(28)24-13-16-9-8-12-29-16;/h6-12,19H,4-5,13-15H2,1-3H3,(H,24,28)(H2,23,25,26);1H. The number of carbonyl (C=O) groups is 1. The average Bonchev–Trinajstić information content (AvgIpc) is 3.26. The molecule has 0 saturated carbocycles. The normalized spacial score (nSPS) is 12.2. The van der Waals surface area contributed by atoms with Gasteiger partial charge in [-0.1, -0.05) is 43.6 Å². The number of hydrogen-bond acceptors (Lipinski definition) is 4. The van der Waals surface area contributed by atoms with Crippen molar-refractivity contribution in [3.63, 3.8) is 0 Å².